The molecular weight excluding hydrogens is 256 g/mol. The number of aryl methyl sites for hydroxylation is 1. The Morgan fingerprint density at radius 1 is 1.58 bits per heavy atom. The van der Waals surface area contributed by atoms with E-state index >= 15 is 0 Å². The van der Waals surface area contributed by atoms with Crippen molar-refractivity contribution in [2.24, 2.45) is 0 Å². The second kappa shape index (κ2) is 5.04. The summed E-state index contributed by atoms with van der Waals surface area (Å²) in [6, 6.07) is 0.244. The summed E-state index contributed by atoms with van der Waals surface area (Å²) in [5.41, 5.74) is -1.19. The average Bonchev–Trinajstić information content (AvgIpc) is 3.02. The van der Waals surface area contributed by atoms with Gasteiger partial charge >= 0.3 is 11.7 Å². The average molecular weight is 268 g/mol. The van der Waals surface area contributed by atoms with Gasteiger partial charge in [0.25, 0.3) is 0 Å². The Morgan fingerprint density at radius 3 is 2.74 bits per heavy atom. The normalized spacial score (nSPS) is 14.1. The minimum Gasteiger partial charge on any atom is -0.476 e. The molecule has 1 heterocycles. The molecule has 0 atom stereocenters. The van der Waals surface area contributed by atoms with Crippen LogP contribution in [0.25, 0.3) is 0 Å². The van der Waals surface area contributed by atoms with Gasteiger partial charge in [0.15, 0.2) is 0 Å². The van der Waals surface area contributed by atoms with Gasteiger partial charge in [-0.15, -0.1) is 0 Å². The minimum absolute atomic E-state index is 0.104. The maximum absolute atomic E-state index is 11.4. The van der Waals surface area contributed by atoms with E-state index in [4.69, 9.17) is 5.11 Å². The third-order valence-corrected chi connectivity index (χ3v) is 2.65. The number of rotatable bonds is 6. The molecule has 19 heavy (non-hydrogen) atoms. The molecule has 2 N–H and O–H groups in total. The van der Waals surface area contributed by atoms with Gasteiger partial charge in [0.05, 0.1) is 4.92 Å². The SMILES string of the molecule is O=C(CCn1cc([N+](=O)[O-])c(C(=O)O)n1)NC1CC1. The number of aromatic nitrogens is 2. The fourth-order valence-electron chi connectivity index (χ4n) is 1.55. The quantitative estimate of drug-likeness (QED) is 0.558. The highest BCUT2D eigenvalue weighted by Crippen LogP contribution is 2.19. The van der Waals surface area contributed by atoms with Crippen LogP contribution in [0.5, 0.6) is 0 Å². The van der Waals surface area contributed by atoms with Gasteiger partial charge in [-0.1, -0.05) is 0 Å². The first-order valence-electron chi connectivity index (χ1n) is 5.72. The van der Waals surface area contributed by atoms with Crippen molar-refractivity contribution in [2.45, 2.75) is 31.8 Å². The van der Waals surface area contributed by atoms with Crippen molar-refractivity contribution in [3.63, 3.8) is 0 Å². The van der Waals surface area contributed by atoms with Crippen molar-refractivity contribution in [3.05, 3.63) is 22.0 Å². The Morgan fingerprint density at radius 2 is 2.26 bits per heavy atom. The molecule has 1 aromatic rings. The molecule has 2 rings (SSSR count). The van der Waals surface area contributed by atoms with Gasteiger partial charge in [0, 0.05) is 19.0 Å². The largest absolute Gasteiger partial charge is 0.476 e. The van der Waals surface area contributed by atoms with Crippen molar-refractivity contribution in [1.29, 1.82) is 0 Å². The van der Waals surface area contributed by atoms with Crippen LogP contribution < -0.4 is 5.32 Å². The molecule has 0 unspecified atom stereocenters. The number of nitrogens with zero attached hydrogens (tertiary/aromatic N) is 3. The summed E-state index contributed by atoms with van der Waals surface area (Å²) in [5, 5.41) is 25.8. The van der Waals surface area contributed by atoms with E-state index in [0.717, 1.165) is 23.7 Å². The predicted octanol–water partition coefficient (Wildman–Crippen LogP) is 0.158. The first kappa shape index (κ1) is 13.0. The van der Waals surface area contributed by atoms with Crippen molar-refractivity contribution in [2.75, 3.05) is 0 Å². The molecule has 1 saturated carbocycles. The standard InChI is InChI=1S/C10H12N4O5/c15-8(11-6-1-2-6)3-4-13-5-7(14(18)19)9(12-13)10(16)17/h5-6H,1-4H2,(H,11,15)(H,16,17). The number of amides is 1. The number of nitrogens with one attached hydrogen (secondary N) is 1. The fraction of sp³-hybridized carbons (Fsp3) is 0.500. The number of carboxylic acid groups (broad SMARTS) is 1. The van der Waals surface area contributed by atoms with Crippen molar-refractivity contribution in [1.82, 2.24) is 15.1 Å². The van der Waals surface area contributed by atoms with E-state index in [1.54, 1.807) is 0 Å². The van der Waals surface area contributed by atoms with E-state index in [1.807, 2.05) is 0 Å². The van der Waals surface area contributed by atoms with Gasteiger partial charge in [-0.2, -0.15) is 5.10 Å². The zero-order valence-electron chi connectivity index (χ0n) is 9.90. The number of nitro groups is 1. The lowest BCUT2D eigenvalue weighted by molar-refractivity contribution is -0.385. The Bertz CT molecular complexity index is 503. The van der Waals surface area contributed by atoms with Gasteiger partial charge < -0.3 is 10.4 Å². The van der Waals surface area contributed by atoms with Gasteiger partial charge in [-0.25, -0.2) is 4.79 Å². The second-order valence-electron chi connectivity index (χ2n) is 4.28. The molecule has 9 heteroatoms. The van der Waals surface area contributed by atoms with Crippen LogP contribution in [0.15, 0.2) is 6.20 Å². The Hall–Kier alpha value is -2.45. The highest BCUT2D eigenvalue weighted by atomic mass is 16.6. The van der Waals surface area contributed by atoms with Crippen molar-refractivity contribution < 1.29 is 19.6 Å². The Balaban J connectivity index is 1.99. The molecule has 0 saturated heterocycles. The summed E-state index contributed by atoms with van der Waals surface area (Å²) in [5.74, 6) is -1.63. The van der Waals surface area contributed by atoms with Crippen LogP contribution in [0, 0.1) is 10.1 Å². The van der Waals surface area contributed by atoms with Gasteiger partial charge in [0.2, 0.25) is 11.6 Å². The number of hydrogen-bond donors (Lipinski definition) is 2. The molecule has 102 valence electrons. The molecule has 1 amide bonds. The number of hydrogen-bond acceptors (Lipinski definition) is 5. The molecule has 1 aliphatic rings. The van der Waals surface area contributed by atoms with Crippen LogP contribution in [0.1, 0.15) is 29.8 Å². The highest BCUT2D eigenvalue weighted by Gasteiger charge is 2.26. The van der Waals surface area contributed by atoms with E-state index in [1.165, 1.54) is 0 Å². The number of carbonyl (C=O) groups excluding carboxylic acids is 1. The lowest BCUT2D eigenvalue weighted by atomic mass is 10.4. The van der Waals surface area contributed by atoms with E-state index < -0.39 is 22.3 Å². The molecule has 1 fully saturated rings. The van der Waals surface area contributed by atoms with Crippen LogP contribution in [-0.2, 0) is 11.3 Å². The predicted molar refractivity (Wildman–Crippen MR) is 61.6 cm³/mol. The zero-order valence-corrected chi connectivity index (χ0v) is 9.90. The number of aromatic carboxylic acids is 1. The Labute approximate surface area is 107 Å². The van der Waals surface area contributed by atoms with Crippen LogP contribution in [0.4, 0.5) is 5.69 Å². The lowest BCUT2D eigenvalue weighted by Gasteiger charge is -2.02. The van der Waals surface area contributed by atoms with Gasteiger partial charge in [-0.3, -0.25) is 19.6 Å². The van der Waals surface area contributed by atoms with E-state index in [-0.39, 0.29) is 24.9 Å². The third-order valence-electron chi connectivity index (χ3n) is 2.65. The second-order valence-corrected chi connectivity index (χ2v) is 4.28. The monoisotopic (exact) mass is 268 g/mol. The molecule has 0 radical (unpaired) electrons. The smallest absolute Gasteiger partial charge is 0.363 e. The highest BCUT2D eigenvalue weighted by molar-refractivity contribution is 5.89. The molecular formula is C10H12N4O5. The fourth-order valence-corrected chi connectivity index (χ4v) is 1.55. The molecule has 0 bridgehead atoms. The molecule has 9 nitrogen and oxygen atoms in total. The van der Waals surface area contributed by atoms with E-state index in [9.17, 15) is 19.7 Å². The first-order valence-corrected chi connectivity index (χ1v) is 5.72. The third kappa shape index (κ3) is 3.27. The summed E-state index contributed by atoms with van der Waals surface area (Å²) in [6.07, 6.45) is 3.08. The minimum atomic E-state index is -1.46. The van der Waals surface area contributed by atoms with E-state index in [2.05, 4.69) is 10.4 Å². The van der Waals surface area contributed by atoms with Crippen LogP contribution in [-0.4, -0.2) is 37.7 Å². The molecule has 0 aromatic carbocycles. The summed E-state index contributed by atoms with van der Waals surface area (Å²) in [6.45, 7) is 0.104. The maximum atomic E-state index is 11.4. The summed E-state index contributed by atoms with van der Waals surface area (Å²) in [4.78, 5) is 32.0. The molecule has 0 spiro atoms. The van der Waals surface area contributed by atoms with Crippen molar-refractivity contribution in [3.8, 4) is 0 Å². The van der Waals surface area contributed by atoms with Gasteiger partial charge in [0.1, 0.15) is 6.20 Å². The topological polar surface area (TPSA) is 127 Å². The Kier molecular flexibility index (Phi) is 3.45. The lowest BCUT2D eigenvalue weighted by Crippen LogP contribution is -2.26. The molecule has 1 aromatic heterocycles. The molecule has 0 aliphatic heterocycles. The first-order chi connectivity index (χ1) is 8.97. The number of carbonyl (C=O) groups is 2. The maximum Gasteiger partial charge on any atom is 0.363 e. The zero-order chi connectivity index (χ0) is 14.0. The van der Waals surface area contributed by atoms with Crippen LogP contribution in [0.2, 0.25) is 0 Å². The summed E-state index contributed by atoms with van der Waals surface area (Å²) >= 11 is 0. The van der Waals surface area contributed by atoms with Crippen LogP contribution in [0.3, 0.4) is 0 Å². The van der Waals surface area contributed by atoms with Crippen LogP contribution >= 0.6 is 0 Å². The van der Waals surface area contributed by atoms with Crippen molar-refractivity contribution >= 4 is 17.6 Å². The van der Waals surface area contributed by atoms with Gasteiger partial charge in [-0.05, 0) is 12.8 Å². The summed E-state index contributed by atoms with van der Waals surface area (Å²) in [7, 11) is 0. The van der Waals surface area contributed by atoms with E-state index in [0.29, 0.717) is 0 Å². The number of carboxylic acids is 1. The summed E-state index contributed by atoms with van der Waals surface area (Å²) < 4.78 is 1.11. The molecule has 1 aliphatic carbocycles.